The molecule has 1 fully saturated rings. The number of likely N-dealkylation sites (N-methyl/N-ethyl adjacent to an activating group) is 1. The summed E-state index contributed by atoms with van der Waals surface area (Å²) in [6, 6.07) is 4.21. The minimum atomic E-state index is 0.371. The van der Waals surface area contributed by atoms with E-state index in [1.807, 2.05) is 6.20 Å². The lowest BCUT2D eigenvalue weighted by Gasteiger charge is -2.25. The first-order valence-electron chi connectivity index (χ1n) is 6.85. The molecule has 0 spiro atoms. The molecule has 0 amide bonds. The van der Waals surface area contributed by atoms with Crippen molar-refractivity contribution in [3.63, 3.8) is 0 Å². The highest BCUT2D eigenvalue weighted by molar-refractivity contribution is 5.39. The molecule has 1 aromatic heterocycles. The van der Waals surface area contributed by atoms with Crippen LogP contribution in [0.15, 0.2) is 18.3 Å². The van der Waals surface area contributed by atoms with Gasteiger partial charge in [-0.3, -0.25) is 0 Å². The number of hydrogen-bond acceptors (Lipinski definition) is 4. The van der Waals surface area contributed by atoms with Gasteiger partial charge in [-0.25, -0.2) is 4.98 Å². The summed E-state index contributed by atoms with van der Waals surface area (Å²) in [5.74, 6) is 1.04. The van der Waals surface area contributed by atoms with Gasteiger partial charge in [-0.2, -0.15) is 0 Å². The highest BCUT2D eigenvalue weighted by Crippen LogP contribution is 2.17. The molecular weight excluding hydrogens is 226 g/mol. The smallest absolute Gasteiger partial charge is 0.128 e. The summed E-state index contributed by atoms with van der Waals surface area (Å²) < 4.78 is 5.68. The average Bonchev–Trinajstić information content (AvgIpc) is 2.90. The van der Waals surface area contributed by atoms with Crippen LogP contribution in [0.2, 0.25) is 0 Å². The van der Waals surface area contributed by atoms with E-state index >= 15 is 0 Å². The Bertz CT molecular complexity index is 347. The Morgan fingerprint density at radius 3 is 2.94 bits per heavy atom. The van der Waals surface area contributed by atoms with Crippen molar-refractivity contribution < 1.29 is 4.74 Å². The van der Waals surface area contributed by atoms with E-state index in [0.717, 1.165) is 31.9 Å². The number of anilines is 1. The predicted octanol–water partition coefficient (Wildman–Crippen LogP) is 1.59. The molecule has 2 heterocycles. The molecule has 2 rings (SSSR count). The number of nitrogens with zero attached hydrogens (tertiary/aromatic N) is 2. The Morgan fingerprint density at radius 2 is 2.39 bits per heavy atom. The van der Waals surface area contributed by atoms with Gasteiger partial charge in [0.25, 0.3) is 0 Å². The fourth-order valence-electron chi connectivity index (χ4n) is 2.34. The maximum Gasteiger partial charge on any atom is 0.128 e. The van der Waals surface area contributed by atoms with Crippen molar-refractivity contribution in [1.29, 1.82) is 0 Å². The van der Waals surface area contributed by atoms with Crippen molar-refractivity contribution >= 4 is 5.82 Å². The van der Waals surface area contributed by atoms with Crippen LogP contribution in [-0.2, 0) is 11.2 Å². The van der Waals surface area contributed by atoms with E-state index in [1.54, 1.807) is 0 Å². The number of rotatable bonds is 6. The van der Waals surface area contributed by atoms with Gasteiger partial charge in [-0.05, 0) is 44.4 Å². The van der Waals surface area contributed by atoms with Crippen LogP contribution in [0.5, 0.6) is 0 Å². The zero-order valence-corrected chi connectivity index (χ0v) is 11.1. The van der Waals surface area contributed by atoms with E-state index < -0.39 is 0 Å². The van der Waals surface area contributed by atoms with E-state index in [-0.39, 0.29) is 0 Å². The highest BCUT2D eigenvalue weighted by atomic mass is 16.5. The van der Waals surface area contributed by atoms with E-state index in [1.165, 1.54) is 18.4 Å². The zero-order valence-electron chi connectivity index (χ0n) is 11.1. The molecule has 0 radical (unpaired) electrons. The summed E-state index contributed by atoms with van der Waals surface area (Å²) >= 11 is 0. The lowest BCUT2D eigenvalue weighted by molar-refractivity contribution is 0.115. The number of pyridine rings is 1. The molecule has 1 aromatic rings. The molecule has 2 N–H and O–H groups in total. The summed E-state index contributed by atoms with van der Waals surface area (Å²) in [5, 5.41) is 0. The quantitative estimate of drug-likeness (QED) is 0.832. The third-order valence-corrected chi connectivity index (χ3v) is 3.40. The van der Waals surface area contributed by atoms with Gasteiger partial charge in [0.05, 0.1) is 6.10 Å². The molecule has 0 bridgehead atoms. The van der Waals surface area contributed by atoms with Gasteiger partial charge >= 0.3 is 0 Å². The Balaban J connectivity index is 1.97. The van der Waals surface area contributed by atoms with Crippen molar-refractivity contribution in [2.75, 3.05) is 31.1 Å². The van der Waals surface area contributed by atoms with E-state index in [0.29, 0.717) is 12.6 Å². The van der Waals surface area contributed by atoms with Gasteiger partial charge in [-0.1, -0.05) is 6.07 Å². The zero-order chi connectivity index (χ0) is 12.8. The van der Waals surface area contributed by atoms with Crippen LogP contribution < -0.4 is 10.6 Å². The maximum atomic E-state index is 5.68. The van der Waals surface area contributed by atoms with Gasteiger partial charge in [0.15, 0.2) is 0 Å². The Hall–Kier alpha value is -1.13. The Kier molecular flexibility index (Phi) is 4.96. The monoisotopic (exact) mass is 249 g/mol. The van der Waals surface area contributed by atoms with Crippen LogP contribution in [-0.4, -0.2) is 37.3 Å². The lowest BCUT2D eigenvalue weighted by Crippen LogP contribution is -2.32. The fraction of sp³-hybridized carbons (Fsp3) is 0.643. The van der Waals surface area contributed by atoms with Crippen molar-refractivity contribution in [3.05, 3.63) is 23.9 Å². The molecule has 1 unspecified atom stereocenters. The Labute approximate surface area is 109 Å². The van der Waals surface area contributed by atoms with E-state index in [9.17, 15) is 0 Å². The van der Waals surface area contributed by atoms with Crippen LogP contribution in [0.4, 0.5) is 5.82 Å². The molecule has 100 valence electrons. The second-order valence-corrected chi connectivity index (χ2v) is 4.74. The van der Waals surface area contributed by atoms with Crippen molar-refractivity contribution in [3.8, 4) is 0 Å². The third-order valence-electron chi connectivity index (χ3n) is 3.40. The molecule has 1 aliphatic rings. The molecule has 4 nitrogen and oxygen atoms in total. The summed E-state index contributed by atoms with van der Waals surface area (Å²) in [6.07, 6.45) is 5.55. The summed E-state index contributed by atoms with van der Waals surface area (Å²) in [4.78, 5) is 6.81. The molecule has 1 saturated heterocycles. The van der Waals surface area contributed by atoms with Gasteiger partial charge in [0.2, 0.25) is 0 Å². The summed E-state index contributed by atoms with van der Waals surface area (Å²) in [5.41, 5.74) is 6.74. The van der Waals surface area contributed by atoms with E-state index in [2.05, 4.69) is 28.9 Å². The predicted molar refractivity (Wildman–Crippen MR) is 73.9 cm³/mol. The highest BCUT2D eigenvalue weighted by Gasteiger charge is 2.19. The molecule has 0 aromatic carbocycles. The first-order valence-corrected chi connectivity index (χ1v) is 6.85. The molecule has 4 heteroatoms. The number of ether oxygens (including phenoxy) is 1. The molecule has 18 heavy (non-hydrogen) atoms. The normalized spacial score (nSPS) is 19.1. The van der Waals surface area contributed by atoms with Gasteiger partial charge in [0, 0.05) is 25.9 Å². The van der Waals surface area contributed by atoms with Crippen LogP contribution in [0.25, 0.3) is 0 Å². The number of hydrogen-bond donors (Lipinski definition) is 1. The molecule has 0 saturated carbocycles. The molecule has 0 aliphatic carbocycles. The third kappa shape index (κ3) is 3.43. The molecular formula is C14H23N3O. The van der Waals surface area contributed by atoms with Crippen molar-refractivity contribution in [2.45, 2.75) is 32.3 Å². The standard InChI is InChI=1S/C14H23N3O/c1-2-17(11-13-4-3-9-18-13)14-6-5-12(7-8-15)10-16-14/h5-6,10,13H,2-4,7-9,11,15H2,1H3. The Morgan fingerprint density at radius 1 is 1.50 bits per heavy atom. The number of aromatic nitrogens is 1. The minimum Gasteiger partial charge on any atom is -0.376 e. The lowest BCUT2D eigenvalue weighted by atomic mass is 10.2. The second-order valence-electron chi connectivity index (χ2n) is 4.74. The first-order chi connectivity index (χ1) is 8.83. The van der Waals surface area contributed by atoms with Crippen LogP contribution in [0.1, 0.15) is 25.3 Å². The minimum absolute atomic E-state index is 0.371. The molecule has 1 atom stereocenters. The average molecular weight is 249 g/mol. The molecule has 1 aliphatic heterocycles. The first kappa shape index (κ1) is 13.3. The topological polar surface area (TPSA) is 51.4 Å². The van der Waals surface area contributed by atoms with Crippen LogP contribution in [0.3, 0.4) is 0 Å². The van der Waals surface area contributed by atoms with E-state index in [4.69, 9.17) is 10.5 Å². The van der Waals surface area contributed by atoms with Gasteiger partial charge in [0.1, 0.15) is 5.82 Å². The maximum absolute atomic E-state index is 5.68. The summed E-state index contributed by atoms with van der Waals surface area (Å²) in [7, 11) is 0. The van der Waals surface area contributed by atoms with Crippen molar-refractivity contribution in [2.24, 2.45) is 5.73 Å². The van der Waals surface area contributed by atoms with Crippen molar-refractivity contribution in [1.82, 2.24) is 4.98 Å². The summed E-state index contributed by atoms with van der Waals surface area (Å²) in [6.45, 7) is 5.65. The van der Waals surface area contributed by atoms with Gasteiger partial charge in [-0.15, -0.1) is 0 Å². The van der Waals surface area contributed by atoms with Crippen LogP contribution in [0, 0.1) is 0 Å². The fourth-order valence-corrected chi connectivity index (χ4v) is 2.34. The largest absolute Gasteiger partial charge is 0.376 e. The second kappa shape index (κ2) is 6.71. The number of nitrogens with two attached hydrogens (primary N) is 1. The SMILES string of the molecule is CCN(CC1CCCO1)c1ccc(CCN)cn1. The van der Waals surface area contributed by atoms with Gasteiger partial charge < -0.3 is 15.4 Å². The van der Waals surface area contributed by atoms with Crippen LogP contribution >= 0.6 is 0 Å².